The normalized spacial score (nSPS) is 21.1. The van der Waals surface area contributed by atoms with Gasteiger partial charge in [0.2, 0.25) is 5.91 Å². The molecule has 1 unspecified atom stereocenters. The second-order valence-electron chi connectivity index (χ2n) is 7.72. The van der Waals surface area contributed by atoms with E-state index in [0.717, 1.165) is 42.1 Å². The van der Waals surface area contributed by atoms with Crippen LogP contribution in [-0.4, -0.2) is 74.4 Å². The molecule has 2 aliphatic rings. The summed E-state index contributed by atoms with van der Waals surface area (Å²) in [4.78, 5) is 41.9. The average Bonchev–Trinajstić information content (AvgIpc) is 2.75. The van der Waals surface area contributed by atoms with Crippen molar-refractivity contribution < 1.29 is 19.1 Å². The molecule has 0 radical (unpaired) electrons. The SMILES string of the molecule is COC(=O)NCCN1C(=O)C(C)Sc2cc(C)c(C(=O)N(C)[C@@H]3CCCNC3)cc21. The largest absolute Gasteiger partial charge is 0.453 e. The maximum absolute atomic E-state index is 13.3. The molecule has 0 bridgehead atoms. The van der Waals surface area contributed by atoms with Crippen LogP contribution in [0.3, 0.4) is 0 Å². The van der Waals surface area contributed by atoms with E-state index < -0.39 is 6.09 Å². The van der Waals surface area contributed by atoms with Crippen LogP contribution in [0.15, 0.2) is 17.0 Å². The number of thioether (sulfide) groups is 1. The lowest BCUT2D eigenvalue weighted by Gasteiger charge is -2.35. The number of hydrogen-bond donors (Lipinski definition) is 2. The number of nitrogens with zero attached hydrogens (tertiary/aromatic N) is 2. The van der Waals surface area contributed by atoms with Gasteiger partial charge in [-0.2, -0.15) is 0 Å². The molecule has 0 saturated carbocycles. The fraction of sp³-hybridized carbons (Fsp3) is 0.571. The quantitative estimate of drug-likeness (QED) is 0.737. The Hall–Kier alpha value is -2.26. The molecule has 2 aliphatic heterocycles. The molecule has 0 spiro atoms. The van der Waals surface area contributed by atoms with Crippen LogP contribution >= 0.6 is 11.8 Å². The highest BCUT2D eigenvalue weighted by molar-refractivity contribution is 8.01. The van der Waals surface area contributed by atoms with E-state index in [4.69, 9.17) is 0 Å². The zero-order valence-electron chi connectivity index (χ0n) is 18.0. The zero-order chi connectivity index (χ0) is 21.8. The molecule has 2 heterocycles. The van der Waals surface area contributed by atoms with Gasteiger partial charge in [-0.05, 0) is 50.9 Å². The topological polar surface area (TPSA) is 91.0 Å². The van der Waals surface area contributed by atoms with Crippen LogP contribution in [0.2, 0.25) is 0 Å². The van der Waals surface area contributed by atoms with Crippen LogP contribution in [0.5, 0.6) is 0 Å². The van der Waals surface area contributed by atoms with Gasteiger partial charge in [-0.15, -0.1) is 11.8 Å². The predicted molar refractivity (Wildman–Crippen MR) is 117 cm³/mol. The highest BCUT2D eigenvalue weighted by atomic mass is 32.2. The van der Waals surface area contributed by atoms with Crippen molar-refractivity contribution in [3.63, 3.8) is 0 Å². The van der Waals surface area contributed by atoms with Gasteiger partial charge in [-0.1, -0.05) is 0 Å². The van der Waals surface area contributed by atoms with Crippen LogP contribution in [0, 0.1) is 6.92 Å². The second kappa shape index (κ2) is 9.70. The van der Waals surface area contributed by atoms with Gasteiger partial charge in [0.05, 0.1) is 18.0 Å². The minimum Gasteiger partial charge on any atom is -0.453 e. The molecule has 30 heavy (non-hydrogen) atoms. The summed E-state index contributed by atoms with van der Waals surface area (Å²) in [7, 11) is 3.15. The number of benzene rings is 1. The summed E-state index contributed by atoms with van der Waals surface area (Å²) in [5, 5.41) is 5.73. The molecule has 3 rings (SSSR count). The average molecular weight is 435 g/mol. The van der Waals surface area contributed by atoms with Gasteiger partial charge in [0, 0.05) is 43.2 Å². The molecule has 0 aliphatic carbocycles. The van der Waals surface area contributed by atoms with Gasteiger partial charge in [0.25, 0.3) is 5.91 Å². The molecular formula is C21H30N4O4S. The van der Waals surface area contributed by atoms with Crippen LogP contribution in [0.25, 0.3) is 0 Å². The van der Waals surface area contributed by atoms with E-state index in [1.54, 1.807) is 4.90 Å². The minimum absolute atomic E-state index is 0.0345. The van der Waals surface area contributed by atoms with Crippen molar-refractivity contribution in [3.05, 3.63) is 23.3 Å². The Labute approximate surface area is 181 Å². The van der Waals surface area contributed by atoms with Crippen molar-refractivity contribution in [1.29, 1.82) is 0 Å². The van der Waals surface area contributed by atoms with Gasteiger partial charge in [-0.3, -0.25) is 9.59 Å². The minimum atomic E-state index is -0.537. The molecule has 164 valence electrons. The first kappa shape index (κ1) is 22.4. The Morgan fingerprint density at radius 2 is 2.17 bits per heavy atom. The number of carbonyl (C=O) groups is 3. The lowest BCUT2D eigenvalue weighted by Crippen LogP contribution is -2.47. The van der Waals surface area contributed by atoms with Crippen molar-refractivity contribution in [2.45, 2.75) is 42.9 Å². The number of likely N-dealkylation sites (N-methyl/N-ethyl adjacent to an activating group) is 1. The number of amides is 3. The molecule has 2 N–H and O–H groups in total. The summed E-state index contributed by atoms with van der Waals surface area (Å²) in [5.41, 5.74) is 2.23. The van der Waals surface area contributed by atoms with Crippen molar-refractivity contribution in [3.8, 4) is 0 Å². The summed E-state index contributed by atoms with van der Waals surface area (Å²) in [6, 6.07) is 3.98. The molecule has 8 nitrogen and oxygen atoms in total. The predicted octanol–water partition coefficient (Wildman–Crippen LogP) is 2.00. The summed E-state index contributed by atoms with van der Waals surface area (Å²) in [5.74, 6) is -0.0704. The van der Waals surface area contributed by atoms with E-state index in [1.165, 1.54) is 18.9 Å². The van der Waals surface area contributed by atoms with Crippen LogP contribution < -0.4 is 15.5 Å². The number of hydrogen-bond acceptors (Lipinski definition) is 6. The van der Waals surface area contributed by atoms with Gasteiger partial charge >= 0.3 is 6.09 Å². The van der Waals surface area contributed by atoms with E-state index in [0.29, 0.717) is 12.1 Å². The number of alkyl carbamates (subject to hydrolysis) is 1. The molecule has 2 atom stereocenters. The maximum Gasteiger partial charge on any atom is 0.406 e. The first-order valence-electron chi connectivity index (χ1n) is 10.3. The fourth-order valence-electron chi connectivity index (χ4n) is 3.88. The highest BCUT2D eigenvalue weighted by Gasteiger charge is 2.33. The van der Waals surface area contributed by atoms with Crippen LogP contribution in [0.4, 0.5) is 10.5 Å². The molecular weight excluding hydrogens is 404 g/mol. The Balaban J connectivity index is 1.86. The summed E-state index contributed by atoms with van der Waals surface area (Å²) in [6.45, 7) is 6.16. The monoisotopic (exact) mass is 434 g/mol. The third-order valence-electron chi connectivity index (χ3n) is 5.67. The van der Waals surface area contributed by atoms with E-state index in [1.807, 2.05) is 37.9 Å². The summed E-state index contributed by atoms with van der Waals surface area (Å²) < 4.78 is 4.59. The van der Waals surface area contributed by atoms with E-state index in [2.05, 4.69) is 15.4 Å². The number of methoxy groups -OCH3 is 1. The van der Waals surface area contributed by atoms with Gasteiger partial charge in [0.1, 0.15) is 0 Å². The van der Waals surface area contributed by atoms with Gasteiger partial charge < -0.3 is 25.2 Å². The number of carbonyl (C=O) groups excluding carboxylic acids is 3. The number of anilines is 1. The number of nitrogens with one attached hydrogen (secondary N) is 2. The first-order chi connectivity index (χ1) is 14.3. The molecule has 0 aromatic heterocycles. The van der Waals surface area contributed by atoms with E-state index in [9.17, 15) is 14.4 Å². The smallest absolute Gasteiger partial charge is 0.406 e. The number of aryl methyl sites for hydroxylation is 1. The molecule has 3 amide bonds. The third-order valence-corrected chi connectivity index (χ3v) is 6.81. The Morgan fingerprint density at radius 1 is 1.40 bits per heavy atom. The van der Waals surface area contributed by atoms with Crippen molar-refractivity contribution >= 4 is 35.4 Å². The van der Waals surface area contributed by atoms with E-state index >= 15 is 0 Å². The Kier molecular flexibility index (Phi) is 7.25. The van der Waals surface area contributed by atoms with E-state index in [-0.39, 0.29) is 29.7 Å². The lowest BCUT2D eigenvalue weighted by atomic mass is 10.0. The Bertz CT molecular complexity index is 825. The first-order valence-corrected chi connectivity index (χ1v) is 11.1. The Morgan fingerprint density at radius 3 is 2.83 bits per heavy atom. The lowest BCUT2D eigenvalue weighted by molar-refractivity contribution is -0.118. The molecule has 1 aromatic rings. The zero-order valence-corrected chi connectivity index (χ0v) is 18.8. The van der Waals surface area contributed by atoms with Gasteiger partial charge in [0.15, 0.2) is 0 Å². The van der Waals surface area contributed by atoms with Crippen molar-refractivity contribution in [2.24, 2.45) is 0 Å². The molecule has 1 saturated heterocycles. The third kappa shape index (κ3) is 4.73. The highest BCUT2D eigenvalue weighted by Crippen LogP contribution is 2.40. The molecule has 9 heteroatoms. The summed E-state index contributed by atoms with van der Waals surface area (Å²) >= 11 is 1.50. The second-order valence-corrected chi connectivity index (χ2v) is 9.10. The van der Waals surface area contributed by atoms with Crippen LogP contribution in [-0.2, 0) is 9.53 Å². The number of rotatable bonds is 5. The number of ether oxygens (including phenoxy) is 1. The number of fused-ring (bicyclic) bond motifs is 1. The number of piperidine rings is 1. The molecule has 1 fully saturated rings. The maximum atomic E-state index is 13.3. The standard InChI is InChI=1S/C21H30N4O4S/c1-13-10-18-17(11-16(13)20(27)24(3)15-6-5-7-22-12-15)25(19(26)14(2)30-18)9-8-23-21(28)29-4/h10-11,14-15,22H,5-9,12H2,1-4H3,(H,23,28)/t14?,15-/m1/s1. The summed E-state index contributed by atoms with van der Waals surface area (Å²) in [6.07, 6.45) is 1.50. The van der Waals surface area contributed by atoms with Crippen molar-refractivity contribution in [2.75, 3.05) is 45.2 Å². The van der Waals surface area contributed by atoms with Crippen molar-refractivity contribution in [1.82, 2.24) is 15.5 Å². The van der Waals surface area contributed by atoms with Crippen LogP contribution in [0.1, 0.15) is 35.7 Å². The fourth-order valence-corrected chi connectivity index (χ4v) is 5.02. The molecule has 1 aromatic carbocycles. The van der Waals surface area contributed by atoms with Gasteiger partial charge in [-0.25, -0.2) is 4.79 Å².